The normalized spacial score (nSPS) is 8.36. The summed E-state index contributed by atoms with van der Waals surface area (Å²) in [5.74, 6) is 0. The van der Waals surface area contributed by atoms with E-state index in [-0.39, 0.29) is 0 Å². The fourth-order valence-corrected chi connectivity index (χ4v) is 0.771. The van der Waals surface area contributed by atoms with Crippen LogP contribution < -0.4 is 0 Å². The predicted octanol–water partition coefficient (Wildman–Crippen LogP) is 0.842. The first-order chi connectivity index (χ1) is 6.58. The molecule has 0 bridgehead atoms. The van der Waals surface area contributed by atoms with Crippen LogP contribution in [0.2, 0.25) is 0 Å². The second kappa shape index (κ2) is 11.8. The average molecular weight is 217 g/mol. The first-order valence-corrected chi connectivity index (χ1v) is 4.90. The summed E-state index contributed by atoms with van der Waals surface area (Å²) in [4.78, 5) is 2.19. The number of hydrogen-bond donors (Lipinski definition) is 0. The molecule has 0 aromatic heterocycles. The molecule has 0 amide bonds. The highest BCUT2D eigenvalue weighted by atomic mass is 32.2. The van der Waals surface area contributed by atoms with E-state index < -0.39 is 10.6 Å². The van der Waals surface area contributed by atoms with Crippen molar-refractivity contribution in [2.45, 2.75) is 0 Å². The molecule has 0 N–H and O–H groups in total. The Morgan fingerprint density at radius 2 is 1.07 bits per heavy atom. The van der Waals surface area contributed by atoms with Gasteiger partial charge in [0, 0.05) is 19.6 Å². The molecule has 0 aliphatic carbocycles. The lowest BCUT2D eigenvalue weighted by Gasteiger charge is -2.15. The third kappa shape index (κ3) is 17.0. The van der Waals surface area contributed by atoms with Gasteiger partial charge in [0.1, 0.15) is 0 Å². The standard InChI is InChI=1S/C9H15N.O3S/c1-4-7-10(8-5-2)9-6-3;1-4(2)3/h4-6H,1-3,7-9H2;. The maximum absolute atomic E-state index is 8.44. The van der Waals surface area contributed by atoms with Gasteiger partial charge >= 0.3 is 10.6 Å². The van der Waals surface area contributed by atoms with Gasteiger partial charge in [-0.1, -0.05) is 18.2 Å². The molecule has 0 radical (unpaired) electrons. The van der Waals surface area contributed by atoms with E-state index in [0.717, 1.165) is 19.6 Å². The summed E-state index contributed by atoms with van der Waals surface area (Å²) in [5.41, 5.74) is 0. The molecule has 0 saturated carbocycles. The fraction of sp³-hybridized carbons (Fsp3) is 0.333. The summed E-state index contributed by atoms with van der Waals surface area (Å²) in [6.07, 6.45) is 5.65. The Kier molecular flexibility index (Phi) is 12.9. The lowest BCUT2D eigenvalue weighted by Crippen LogP contribution is -2.23. The van der Waals surface area contributed by atoms with Crippen molar-refractivity contribution in [2.24, 2.45) is 0 Å². The molecule has 0 aliphatic heterocycles. The molecule has 14 heavy (non-hydrogen) atoms. The van der Waals surface area contributed by atoms with Crippen molar-refractivity contribution < 1.29 is 12.6 Å². The van der Waals surface area contributed by atoms with E-state index in [1.165, 1.54) is 0 Å². The van der Waals surface area contributed by atoms with Crippen LogP contribution in [-0.2, 0) is 10.6 Å². The van der Waals surface area contributed by atoms with E-state index in [0.29, 0.717) is 0 Å². The molecule has 0 aromatic rings. The average Bonchev–Trinajstić information content (AvgIpc) is 2.04. The molecule has 0 rings (SSSR count). The zero-order valence-corrected chi connectivity index (χ0v) is 8.87. The molecular weight excluding hydrogens is 202 g/mol. The van der Waals surface area contributed by atoms with E-state index in [9.17, 15) is 0 Å². The highest BCUT2D eigenvalue weighted by molar-refractivity contribution is 7.59. The second-order valence-corrected chi connectivity index (χ2v) is 2.70. The SMILES string of the molecule is C=CCN(CC=C)CC=C.O=S(=O)=O. The molecular formula is C9H15NO3S. The van der Waals surface area contributed by atoms with Gasteiger partial charge in [-0.15, -0.1) is 32.4 Å². The van der Waals surface area contributed by atoms with Crippen molar-refractivity contribution >= 4 is 10.6 Å². The minimum Gasteiger partial charge on any atom is -0.292 e. The summed E-state index contributed by atoms with van der Waals surface area (Å²) < 4.78 is 25.3. The van der Waals surface area contributed by atoms with Crippen molar-refractivity contribution in [1.82, 2.24) is 4.90 Å². The van der Waals surface area contributed by atoms with Crippen LogP contribution in [0.25, 0.3) is 0 Å². The lowest BCUT2D eigenvalue weighted by atomic mass is 10.4. The van der Waals surface area contributed by atoms with Gasteiger partial charge in [0.05, 0.1) is 0 Å². The van der Waals surface area contributed by atoms with Crippen molar-refractivity contribution in [3.05, 3.63) is 38.0 Å². The van der Waals surface area contributed by atoms with Gasteiger partial charge in [-0.2, -0.15) is 0 Å². The van der Waals surface area contributed by atoms with Gasteiger partial charge in [-0.3, -0.25) is 4.90 Å². The third-order valence-electron chi connectivity index (χ3n) is 1.16. The maximum Gasteiger partial charge on any atom is 0.425 e. The Bertz CT molecular complexity index is 237. The van der Waals surface area contributed by atoms with Crippen LogP contribution in [0.4, 0.5) is 0 Å². The summed E-state index contributed by atoms with van der Waals surface area (Å²) in [7, 11) is -3.11. The molecule has 5 heteroatoms. The number of rotatable bonds is 6. The molecule has 0 spiro atoms. The lowest BCUT2D eigenvalue weighted by molar-refractivity contribution is 0.373. The van der Waals surface area contributed by atoms with Crippen LogP contribution in [-0.4, -0.2) is 37.2 Å². The minimum atomic E-state index is -3.11. The van der Waals surface area contributed by atoms with Gasteiger partial charge in [0.15, 0.2) is 0 Å². The topological polar surface area (TPSA) is 54.5 Å². The Morgan fingerprint density at radius 1 is 0.857 bits per heavy atom. The molecule has 0 heterocycles. The van der Waals surface area contributed by atoms with Gasteiger partial charge < -0.3 is 0 Å². The highest BCUT2D eigenvalue weighted by Crippen LogP contribution is 1.88. The summed E-state index contributed by atoms with van der Waals surface area (Å²) in [5, 5.41) is 0. The molecule has 0 unspecified atom stereocenters. The van der Waals surface area contributed by atoms with Crippen LogP contribution >= 0.6 is 0 Å². The van der Waals surface area contributed by atoms with E-state index in [1.807, 2.05) is 18.2 Å². The van der Waals surface area contributed by atoms with Gasteiger partial charge in [-0.25, -0.2) is 0 Å². The van der Waals surface area contributed by atoms with Crippen LogP contribution in [0.15, 0.2) is 38.0 Å². The molecule has 80 valence electrons. The Labute approximate surface area is 86.3 Å². The van der Waals surface area contributed by atoms with Crippen LogP contribution in [0, 0.1) is 0 Å². The van der Waals surface area contributed by atoms with Crippen LogP contribution in [0.1, 0.15) is 0 Å². The molecule has 0 aromatic carbocycles. The third-order valence-corrected chi connectivity index (χ3v) is 1.16. The molecule has 4 nitrogen and oxygen atoms in total. The Morgan fingerprint density at radius 3 is 1.21 bits per heavy atom. The molecule has 0 aliphatic rings. The van der Waals surface area contributed by atoms with Crippen LogP contribution in [0.5, 0.6) is 0 Å². The maximum atomic E-state index is 8.44. The van der Waals surface area contributed by atoms with E-state index in [4.69, 9.17) is 12.6 Å². The fourth-order valence-electron chi connectivity index (χ4n) is 0.771. The van der Waals surface area contributed by atoms with Gasteiger partial charge in [0.25, 0.3) is 0 Å². The van der Waals surface area contributed by atoms with E-state index in [1.54, 1.807) is 0 Å². The van der Waals surface area contributed by atoms with E-state index in [2.05, 4.69) is 24.6 Å². The smallest absolute Gasteiger partial charge is 0.292 e. The largest absolute Gasteiger partial charge is 0.425 e. The van der Waals surface area contributed by atoms with Gasteiger partial charge in [-0.05, 0) is 0 Å². The number of nitrogens with zero attached hydrogens (tertiary/aromatic N) is 1. The Hall–Kier alpha value is -1.20. The minimum absolute atomic E-state index is 0.901. The summed E-state index contributed by atoms with van der Waals surface area (Å²) in [6.45, 7) is 13.7. The second-order valence-electron chi connectivity index (χ2n) is 2.29. The molecule has 0 atom stereocenters. The summed E-state index contributed by atoms with van der Waals surface area (Å²) >= 11 is 0. The highest BCUT2D eigenvalue weighted by Gasteiger charge is 1.94. The van der Waals surface area contributed by atoms with Crippen LogP contribution in [0.3, 0.4) is 0 Å². The van der Waals surface area contributed by atoms with Crippen molar-refractivity contribution in [3.63, 3.8) is 0 Å². The monoisotopic (exact) mass is 217 g/mol. The van der Waals surface area contributed by atoms with Gasteiger partial charge in [0.2, 0.25) is 0 Å². The zero-order valence-electron chi connectivity index (χ0n) is 8.05. The first-order valence-electron chi connectivity index (χ1n) is 3.90. The van der Waals surface area contributed by atoms with E-state index >= 15 is 0 Å². The Balaban J connectivity index is 0. The van der Waals surface area contributed by atoms with Crippen molar-refractivity contribution in [2.75, 3.05) is 19.6 Å². The quantitative estimate of drug-likeness (QED) is 0.619. The zero-order chi connectivity index (χ0) is 11.4. The summed E-state index contributed by atoms with van der Waals surface area (Å²) in [6, 6.07) is 0. The molecule has 0 fully saturated rings. The van der Waals surface area contributed by atoms with Crippen molar-refractivity contribution in [1.29, 1.82) is 0 Å². The molecule has 0 saturated heterocycles. The predicted molar refractivity (Wildman–Crippen MR) is 56.7 cm³/mol. The first kappa shape index (κ1) is 15.3. The van der Waals surface area contributed by atoms with Crippen molar-refractivity contribution in [3.8, 4) is 0 Å². The number of hydrogen-bond acceptors (Lipinski definition) is 4.